The molecule has 2 aromatic carbocycles. The number of amides is 1. The highest BCUT2D eigenvalue weighted by atomic mass is 32.2. The maximum atomic E-state index is 15.5. The number of anilines is 1. The van der Waals surface area contributed by atoms with E-state index in [9.17, 15) is 13.2 Å². The molecule has 2 aliphatic heterocycles. The van der Waals surface area contributed by atoms with Gasteiger partial charge in [0.25, 0.3) is 5.91 Å². The highest BCUT2D eigenvalue weighted by Crippen LogP contribution is 2.41. The summed E-state index contributed by atoms with van der Waals surface area (Å²) in [7, 11) is -3.30. The number of rotatable bonds is 6. The van der Waals surface area contributed by atoms with E-state index in [1.807, 2.05) is 34.1 Å². The predicted octanol–water partition coefficient (Wildman–Crippen LogP) is 4.30. The summed E-state index contributed by atoms with van der Waals surface area (Å²) >= 11 is 0. The second kappa shape index (κ2) is 10.2. The molecule has 1 amide bonds. The first-order chi connectivity index (χ1) is 20.1. The number of sulfonamides is 1. The van der Waals surface area contributed by atoms with Crippen LogP contribution in [-0.2, 0) is 16.4 Å². The molecule has 1 N–H and O–H groups in total. The minimum atomic E-state index is -3.30. The molecular formula is C31H33FN6O3S. The number of hydrogen-bond acceptors (Lipinski definition) is 6. The minimum Gasteiger partial charge on any atom is -0.370 e. The summed E-state index contributed by atoms with van der Waals surface area (Å²) in [6, 6.07) is 16.6. The number of aromatic nitrogens is 3. The van der Waals surface area contributed by atoms with Crippen molar-refractivity contribution in [3.05, 3.63) is 82.9 Å². The first kappa shape index (κ1) is 27.0. The van der Waals surface area contributed by atoms with Crippen LogP contribution in [0.1, 0.15) is 65.5 Å². The van der Waals surface area contributed by atoms with E-state index in [4.69, 9.17) is 10.1 Å². The van der Waals surface area contributed by atoms with Gasteiger partial charge in [-0.25, -0.2) is 27.0 Å². The van der Waals surface area contributed by atoms with Crippen molar-refractivity contribution >= 4 is 27.3 Å². The van der Waals surface area contributed by atoms with Gasteiger partial charge < -0.3 is 9.80 Å². The van der Waals surface area contributed by atoms with E-state index in [1.165, 1.54) is 17.2 Å². The molecule has 42 heavy (non-hydrogen) atoms. The van der Waals surface area contributed by atoms with Crippen molar-refractivity contribution in [3.8, 4) is 11.3 Å². The minimum absolute atomic E-state index is 0.0500. The Hall–Kier alpha value is -3.83. The number of benzene rings is 2. The summed E-state index contributed by atoms with van der Waals surface area (Å²) in [5.74, 6) is -0.223. The number of nitrogens with one attached hydrogen (secondary N) is 1. The van der Waals surface area contributed by atoms with Gasteiger partial charge in [-0.3, -0.25) is 4.79 Å². The largest absolute Gasteiger partial charge is 0.370 e. The van der Waals surface area contributed by atoms with Crippen LogP contribution in [0.4, 0.5) is 10.1 Å². The summed E-state index contributed by atoms with van der Waals surface area (Å²) in [6.07, 6.45) is 4.65. The van der Waals surface area contributed by atoms with Crippen LogP contribution >= 0.6 is 0 Å². The number of hydrogen-bond donors (Lipinski definition) is 1. The summed E-state index contributed by atoms with van der Waals surface area (Å²) in [4.78, 5) is 22.4. The van der Waals surface area contributed by atoms with Gasteiger partial charge in [0.05, 0.1) is 18.0 Å². The lowest BCUT2D eigenvalue weighted by Crippen LogP contribution is -2.39. The molecule has 9 nitrogen and oxygen atoms in total. The number of carbonyl (C=O) groups is 1. The number of nitrogens with zero attached hydrogens (tertiary/aromatic N) is 5. The molecule has 3 aliphatic rings. The Kier molecular flexibility index (Phi) is 6.54. The Morgan fingerprint density at radius 1 is 1.05 bits per heavy atom. The van der Waals surface area contributed by atoms with Crippen LogP contribution in [-0.4, -0.2) is 65.8 Å². The van der Waals surface area contributed by atoms with Crippen molar-refractivity contribution in [1.29, 1.82) is 0 Å². The van der Waals surface area contributed by atoms with Gasteiger partial charge in [-0.05, 0) is 68.0 Å². The lowest BCUT2D eigenvalue weighted by molar-refractivity contribution is 0.0671. The van der Waals surface area contributed by atoms with Gasteiger partial charge in [-0.1, -0.05) is 24.3 Å². The molecular weight excluding hydrogens is 555 g/mol. The highest BCUT2D eigenvalue weighted by molar-refractivity contribution is 7.88. The van der Waals surface area contributed by atoms with Crippen LogP contribution in [0, 0.1) is 5.82 Å². The fourth-order valence-corrected chi connectivity index (χ4v) is 7.21. The molecule has 218 valence electrons. The average molecular weight is 589 g/mol. The number of halogens is 1. The third kappa shape index (κ3) is 5.05. The summed E-state index contributed by atoms with van der Waals surface area (Å²) in [5.41, 5.74) is 5.80. The average Bonchev–Trinajstić information content (AvgIpc) is 3.55. The SMILES string of the molecule is C[C@@H]1c2ccccc2CCN1C(=O)c1cc(C2CC2)n2nc(-c3ccc(N4CC[C@H](NS(C)(=O)=O)C4)cc3F)cc2n1. The van der Waals surface area contributed by atoms with Crippen molar-refractivity contribution in [2.24, 2.45) is 0 Å². The maximum absolute atomic E-state index is 15.5. The van der Waals surface area contributed by atoms with Gasteiger partial charge in [-0.15, -0.1) is 0 Å². The van der Waals surface area contributed by atoms with Crippen molar-refractivity contribution < 1.29 is 17.6 Å². The topological polar surface area (TPSA) is 99.9 Å². The molecule has 0 radical (unpaired) electrons. The molecule has 4 aromatic rings. The zero-order valence-corrected chi connectivity index (χ0v) is 24.4. The Bertz CT molecular complexity index is 1820. The van der Waals surface area contributed by atoms with E-state index < -0.39 is 15.8 Å². The molecule has 1 aliphatic carbocycles. The Labute approximate surface area is 244 Å². The van der Waals surface area contributed by atoms with Crippen molar-refractivity contribution in [1.82, 2.24) is 24.2 Å². The number of carbonyl (C=O) groups excluding carboxylic acids is 1. The van der Waals surface area contributed by atoms with Gasteiger partial charge in [-0.2, -0.15) is 5.10 Å². The number of fused-ring (bicyclic) bond motifs is 2. The lowest BCUT2D eigenvalue weighted by Gasteiger charge is -2.35. The van der Waals surface area contributed by atoms with E-state index in [1.54, 1.807) is 16.6 Å². The van der Waals surface area contributed by atoms with Crippen molar-refractivity contribution in [2.45, 2.75) is 50.6 Å². The molecule has 0 bridgehead atoms. The van der Waals surface area contributed by atoms with Gasteiger partial charge in [0.1, 0.15) is 11.5 Å². The lowest BCUT2D eigenvalue weighted by atomic mass is 9.93. The van der Waals surface area contributed by atoms with Gasteiger partial charge >= 0.3 is 0 Å². The van der Waals surface area contributed by atoms with Crippen LogP contribution in [0.15, 0.2) is 54.6 Å². The smallest absolute Gasteiger partial charge is 0.273 e. The second-order valence-corrected chi connectivity index (χ2v) is 13.5. The molecule has 1 saturated heterocycles. The van der Waals surface area contributed by atoms with Crippen LogP contribution in [0.2, 0.25) is 0 Å². The molecule has 0 spiro atoms. The second-order valence-electron chi connectivity index (χ2n) is 11.7. The fraction of sp³-hybridized carbons (Fsp3) is 0.387. The van der Waals surface area contributed by atoms with Crippen LogP contribution in [0.5, 0.6) is 0 Å². The monoisotopic (exact) mass is 588 g/mol. The quantitative estimate of drug-likeness (QED) is 0.361. The highest BCUT2D eigenvalue weighted by Gasteiger charge is 2.33. The molecule has 2 atom stereocenters. The van der Waals surface area contributed by atoms with Crippen LogP contribution in [0.25, 0.3) is 16.9 Å². The summed E-state index contributed by atoms with van der Waals surface area (Å²) < 4.78 is 43.1. The van der Waals surface area contributed by atoms with E-state index in [0.29, 0.717) is 60.3 Å². The first-order valence-electron chi connectivity index (χ1n) is 14.5. The van der Waals surface area contributed by atoms with Crippen molar-refractivity contribution in [2.75, 3.05) is 30.8 Å². The summed E-state index contributed by atoms with van der Waals surface area (Å²) in [6.45, 7) is 3.80. The summed E-state index contributed by atoms with van der Waals surface area (Å²) in [5, 5.41) is 4.74. The first-order valence-corrected chi connectivity index (χ1v) is 16.4. The zero-order valence-electron chi connectivity index (χ0n) is 23.6. The van der Waals surface area contributed by atoms with Gasteiger partial charge in [0.2, 0.25) is 10.0 Å². The normalized spacial score (nSPS) is 20.7. The van der Waals surface area contributed by atoms with E-state index in [2.05, 4.69) is 23.8 Å². The molecule has 1 saturated carbocycles. The maximum Gasteiger partial charge on any atom is 0.273 e. The van der Waals surface area contributed by atoms with Crippen molar-refractivity contribution in [3.63, 3.8) is 0 Å². The zero-order chi connectivity index (χ0) is 29.2. The van der Waals surface area contributed by atoms with E-state index in [0.717, 1.165) is 31.2 Å². The van der Waals surface area contributed by atoms with Gasteiger partial charge in [0.15, 0.2) is 5.65 Å². The molecule has 0 unspecified atom stereocenters. The molecule has 7 rings (SSSR count). The third-order valence-electron chi connectivity index (χ3n) is 8.69. The third-order valence-corrected chi connectivity index (χ3v) is 9.45. The molecule has 2 aromatic heterocycles. The standard InChI is InChI=1S/C31H33FN6O3S/c1-19-24-6-4-3-5-20(24)11-14-37(19)31(39)28-16-29(21-7-8-21)38-30(33-28)17-27(34-38)25-10-9-23(15-26(25)32)36-13-12-22(18-36)35-42(2,40)41/h3-6,9-10,15-17,19,21-22,35H,7-8,11-14,18H2,1-2H3/t19-,22+/m1/s1. The molecule has 11 heteroatoms. The van der Waals surface area contributed by atoms with Crippen LogP contribution < -0.4 is 9.62 Å². The Morgan fingerprint density at radius 3 is 2.62 bits per heavy atom. The predicted molar refractivity (Wildman–Crippen MR) is 159 cm³/mol. The molecule has 4 heterocycles. The Balaban J connectivity index is 1.18. The van der Waals surface area contributed by atoms with E-state index in [-0.39, 0.29) is 18.0 Å². The molecule has 2 fully saturated rings. The van der Waals surface area contributed by atoms with Crippen LogP contribution in [0.3, 0.4) is 0 Å². The fourth-order valence-electron chi connectivity index (χ4n) is 6.41. The Morgan fingerprint density at radius 2 is 1.86 bits per heavy atom. The van der Waals surface area contributed by atoms with Gasteiger partial charge in [0, 0.05) is 54.6 Å². The van der Waals surface area contributed by atoms with E-state index >= 15 is 4.39 Å².